The Labute approximate surface area is 294 Å². The molecule has 0 spiro atoms. The van der Waals surface area contributed by atoms with Crippen LogP contribution in [0.1, 0.15) is 73.3 Å². The second-order valence-electron chi connectivity index (χ2n) is 14.5. The van der Waals surface area contributed by atoms with E-state index in [1.807, 2.05) is 51.9 Å². The number of unbranched alkanes of at least 4 members (excludes halogenated alkanes) is 1. The minimum absolute atomic E-state index is 0.00924. The number of carbonyl (C=O) groups excluding carboxylic acids is 2. The number of imide groups is 1. The highest BCUT2D eigenvalue weighted by Crippen LogP contribution is 2.63. The third kappa shape index (κ3) is 9.04. The second-order valence-corrected chi connectivity index (χ2v) is 17.4. The number of ether oxygens (including phenoxy) is 3. The molecule has 3 aromatic rings. The molecular formula is C36H51N4O9P. The fraction of sp³-hybridized carbons (Fsp3) is 0.556. The number of rotatable bonds is 12. The average Bonchev–Trinajstić information content (AvgIpc) is 3.45. The zero-order valence-electron chi connectivity index (χ0n) is 30.4. The molecule has 1 aliphatic heterocycles. The summed E-state index contributed by atoms with van der Waals surface area (Å²) < 4.78 is 38.7. The highest BCUT2D eigenvalue weighted by Gasteiger charge is 2.58. The summed E-state index contributed by atoms with van der Waals surface area (Å²) >= 11 is 0. The maximum atomic E-state index is 14.5. The van der Waals surface area contributed by atoms with Gasteiger partial charge in [0.1, 0.15) is 22.6 Å². The molecular weight excluding hydrogens is 663 g/mol. The number of nitrogens with zero attached hydrogens (tertiary/aromatic N) is 4. The van der Waals surface area contributed by atoms with Crippen molar-refractivity contribution < 1.29 is 42.8 Å². The van der Waals surface area contributed by atoms with Crippen LogP contribution in [0.15, 0.2) is 48.8 Å². The third-order valence-electron chi connectivity index (χ3n) is 8.44. The van der Waals surface area contributed by atoms with Gasteiger partial charge in [-0.1, -0.05) is 12.1 Å². The second kappa shape index (κ2) is 15.5. The largest absolute Gasteiger partial charge is 0.497 e. The Balaban J connectivity index is 1.59. The number of aromatic nitrogens is 2. The highest BCUT2D eigenvalue weighted by molar-refractivity contribution is 7.62. The summed E-state index contributed by atoms with van der Waals surface area (Å²) in [7, 11) is -2.09. The van der Waals surface area contributed by atoms with Crippen molar-refractivity contribution in [1.82, 2.24) is 19.2 Å². The van der Waals surface area contributed by atoms with Crippen molar-refractivity contribution >= 4 is 31.2 Å². The molecule has 14 heteroatoms. The quantitative estimate of drug-likeness (QED) is 0.149. The van der Waals surface area contributed by atoms with E-state index in [1.165, 1.54) is 0 Å². The first kappa shape index (κ1) is 38.9. The summed E-state index contributed by atoms with van der Waals surface area (Å²) in [5, 5.41) is 9.09. The molecule has 1 N–H and O–H groups in total. The fourth-order valence-corrected chi connectivity index (χ4v) is 9.13. The number of pyridine rings is 1. The normalized spacial score (nSPS) is 20.0. The van der Waals surface area contributed by atoms with Gasteiger partial charge in [-0.15, -0.1) is 0 Å². The van der Waals surface area contributed by atoms with Crippen molar-refractivity contribution in [2.24, 2.45) is 0 Å². The first-order chi connectivity index (χ1) is 23.4. The SMILES string of the molecule is CCOP1(=O)CCN(Cc2ccc(OC)cc2-c2cnc3ccccn23)C[C@@]1(CCCCN(C(=O)OC(C)(C)C)C(=O)OC(C)(C)C)C(=O)O. The van der Waals surface area contributed by atoms with Gasteiger partial charge in [-0.2, -0.15) is 0 Å². The first-order valence-electron chi connectivity index (χ1n) is 16.9. The van der Waals surface area contributed by atoms with E-state index >= 15 is 0 Å². The molecule has 0 bridgehead atoms. The van der Waals surface area contributed by atoms with E-state index in [9.17, 15) is 24.1 Å². The summed E-state index contributed by atoms with van der Waals surface area (Å²) in [5.74, 6) is -0.535. The molecule has 13 nitrogen and oxygen atoms in total. The lowest BCUT2D eigenvalue weighted by molar-refractivity contribution is -0.141. The van der Waals surface area contributed by atoms with Crippen molar-refractivity contribution in [3.63, 3.8) is 0 Å². The predicted octanol–water partition coefficient (Wildman–Crippen LogP) is 7.31. The fourth-order valence-electron chi connectivity index (χ4n) is 6.16. The van der Waals surface area contributed by atoms with E-state index in [0.717, 1.165) is 27.4 Å². The van der Waals surface area contributed by atoms with E-state index in [4.69, 9.17) is 18.7 Å². The highest BCUT2D eigenvalue weighted by atomic mass is 31.2. The molecule has 1 aliphatic rings. The van der Waals surface area contributed by atoms with Crippen LogP contribution < -0.4 is 4.74 Å². The Morgan fingerprint density at radius 2 is 1.70 bits per heavy atom. The number of carboxylic acids is 1. The van der Waals surface area contributed by atoms with Crippen LogP contribution in [0, 0.1) is 0 Å². The molecule has 50 heavy (non-hydrogen) atoms. The molecule has 1 aromatic carbocycles. The number of fused-ring (bicyclic) bond motifs is 1. The number of methoxy groups -OCH3 is 1. The maximum Gasteiger partial charge on any atom is 0.419 e. The Morgan fingerprint density at radius 1 is 1.02 bits per heavy atom. The molecule has 1 unspecified atom stereocenters. The number of carboxylic acid groups (broad SMARTS) is 1. The summed E-state index contributed by atoms with van der Waals surface area (Å²) in [6.07, 6.45) is 2.57. The lowest BCUT2D eigenvalue weighted by Gasteiger charge is -2.45. The number of carbonyl (C=O) groups is 3. The van der Waals surface area contributed by atoms with Crippen LogP contribution in [0.2, 0.25) is 0 Å². The Hall–Kier alpha value is -3.93. The number of aliphatic carboxylic acids is 1. The van der Waals surface area contributed by atoms with Gasteiger partial charge < -0.3 is 23.8 Å². The van der Waals surface area contributed by atoms with Crippen LogP contribution in [0.3, 0.4) is 0 Å². The zero-order valence-corrected chi connectivity index (χ0v) is 31.3. The molecule has 1 fully saturated rings. The average molecular weight is 715 g/mol. The van der Waals surface area contributed by atoms with E-state index in [0.29, 0.717) is 18.8 Å². The van der Waals surface area contributed by atoms with Gasteiger partial charge in [0.2, 0.25) is 7.37 Å². The third-order valence-corrected chi connectivity index (χ3v) is 11.8. The Kier molecular flexibility index (Phi) is 12.1. The van der Waals surface area contributed by atoms with Crippen molar-refractivity contribution in [1.29, 1.82) is 0 Å². The monoisotopic (exact) mass is 714 g/mol. The lowest BCUT2D eigenvalue weighted by atomic mass is 9.98. The van der Waals surface area contributed by atoms with Gasteiger partial charge in [0.15, 0.2) is 5.16 Å². The Bertz CT molecular complexity index is 1700. The zero-order chi connectivity index (χ0) is 36.9. The number of amides is 2. The molecule has 274 valence electrons. The summed E-state index contributed by atoms with van der Waals surface area (Å²) in [5.41, 5.74) is 1.75. The Morgan fingerprint density at radius 3 is 2.30 bits per heavy atom. The van der Waals surface area contributed by atoms with Gasteiger partial charge >= 0.3 is 18.2 Å². The van der Waals surface area contributed by atoms with Crippen molar-refractivity contribution in [2.45, 2.75) is 90.6 Å². The molecule has 0 saturated carbocycles. The van der Waals surface area contributed by atoms with Crippen molar-refractivity contribution in [3.05, 3.63) is 54.4 Å². The number of hydrogen-bond donors (Lipinski definition) is 1. The van der Waals surface area contributed by atoms with E-state index in [2.05, 4.69) is 4.98 Å². The minimum atomic E-state index is -3.69. The molecule has 2 atom stereocenters. The van der Waals surface area contributed by atoms with E-state index in [1.54, 1.807) is 61.8 Å². The van der Waals surface area contributed by atoms with Crippen LogP contribution in [-0.4, -0.2) is 98.3 Å². The molecule has 3 heterocycles. The van der Waals surface area contributed by atoms with Gasteiger partial charge in [0, 0.05) is 44.1 Å². The van der Waals surface area contributed by atoms with Gasteiger partial charge in [0.05, 0.1) is 25.6 Å². The number of imidazole rings is 1. The van der Waals surface area contributed by atoms with Crippen molar-refractivity contribution in [3.8, 4) is 17.0 Å². The predicted molar refractivity (Wildman–Crippen MR) is 190 cm³/mol. The van der Waals surface area contributed by atoms with Gasteiger partial charge in [-0.25, -0.2) is 19.5 Å². The molecule has 0 aliphatic carbocycles. The summed E-state index contributed by atoms with van der Waals surface area (Å²) in [4.78, 5) is 46.7. The molecule has 2 aromatic heterocycles. The van der Waals surface area contributed by atoms with Crippen molar-refractivity contribution in [2.75, 3.05) is 39.5 Å². The molecule has 4 rings (SSSR count). The number of hydrogen-bond acceptors (Lipinski definition) is 10. The van der Waals surface area contributed by atoms with Gasteiger partial charge in [0.25, 0.3) is 0 Å². The van der Waals surface area contributed by atoms with Crippen LogP contribution in [-0.2, 0) is 29.9 Å². The molecule has 1 saturated heterocycles. The van der Waals surface area contributed by atoms with E-state index in [-0.39, 0.29) is 45.1 Å². The molecule has 0 radical (unpaired) electrons. The van der Waals surface area contributed by atoms with Crippen LogP contribution in [0.25, 0.3) is 16.9 Å². The van der Waals surface area contributed by atoms with Gasteiger partial charge in [-0.05, 0) is 97.6 Å². The number of benzene rings is 1. The standard InChI is InChI=1S/C36H51N4O9P/c1-9-47-50(45)21-20-38(24-26-15-16-27(46-8)22-28(26)29-23-37-30-14-10-12-18-39(29)30)25-36(50,31(41)42)17-11-13-19-40(32(43)48-34(2,3)4)33(44)49-35(5,6)7/h10,12,14-16,18,22-23H,9,11,13,17,19-21,24-25H2,1-8H3,(H,41,42)/t36-,50?/m0/s1. The molecule has 2 amide bonds. The lowest BCUT2D eigenvalue weighted by Crippen LogP contribution is -2.54. The summed E-state index contributed by atoms with van der Waals surface area (Å²) in [6, 6.07) is 11.5. The van der Waals surface area contributed by atoms with Crippen LogP contribution >= 0.6 is 7.37 Å². The van der Waals surface area contributed by atoms with Gasteiger partial charge in [-0.3, -0.25) is 18.7 Å². The smallest absolute Gasteiger partial charge is 0.419 e. The summed E-state index contributed by atoms with van der Waals surface area (Å²) in [6.45, 7) is 12.7. The maximum absolute atomic E-state index is 14.5. The van der Waals surface area contributed by atoms with Crippen LogP contribution in [0.4, 0.5) is 9.59 Å². The topological polar surface area (TPSA) is 149 Å². The van der Waals surface area contributed by atoms with E-state index < -0.39 is 41.9 Å². The van der Waals surface area contributed by atoms with Crippen LogP contribution in [0.5, 0.6) is 5.75 Å². The first-order valence-corrected chi connectivity index (χ1v) is 18.8. The minimum Gasteiger partial charge on any atom is -0.497 e.